The fourth-order valence-electron chi connectivity index (χ4n) is 1.90. The third kappa shape index (κ3) is 1.94. The molecule has 0 aliphatic rings. The van der Waals surface area contributed by atoms with E-state index in [-0.39, 0.29) is 11.5 Å². The molecule has 0 amide bonds. The van der Waals surface area contributed by atoms with Crippen LogP contribution in [0.4, 0.5) is 0 Å². The zero-order valence-corrected chi connectivity index (χ0v) is 9.64. The predicted molar refractivity (Wildman–Crippen MR) is 62.3 cm³/mol. The number of ketones is 1. The van der Waals surface area contributed by atoms with Gasteiger partial charge in [-0.3, -0.25) is 4.79 Å². The van der Waals surface area contributed by atoms with E-state index in [9.17, 15) is 9.90 Å². The van der Waals surface area contributed by atoms with Crippen molar-refractivity contribution in [1.82, 2.24) is 0 Å². The Balaban J connectivity index is 3.58. The van der Waals surface area contributed by atoms with E-state index in [2.05, 4.69) is 6.58 Å². The van der Waals surface area contributed by atoms with E-state index in [1.165, 1.54) is 6.92 Å². The lowest BCUT2D eigenvalue weighted by molar-refractivity contribution is 0.101. The molecule has 0 heterocycles. The van der Waals surface area contributed by atoms with Gasteiger partial charge < -0.3 is 5.11 Å². The van der Waals surface area contributed by atoms with Crippen LogP contribution in [-0.4, -0.2) is 10.9 Å². The van der Waals surface area contributed by atoms with Gasteiger partial charge in [-0.15, -0.1) is 0 Å². The summed E-state index contributed by atoms with van der Waals surface area (Å²) in [6.07, 6.45) is 0. The summed E-state index contributed by atoms with van der Waals surface area (Å²) in [7, 11) is 0. The summed E-state index contributed by atoms with van der Waals surface area (Å²) >= 11 is 0. The minimum Gasteiger partial charge on any atom is -0.507 e. The van der Waals surface area contributed by atoms with Crippen molar-refractivity contribution in [3.05, 3.63) is 34.9 Å². The summed E-state index contributed by atoms with van der Waals surface area (Å²) < 4.78 is 0. The van der Waals surface area contributed by atoms with Crippen LogP contribution in [0.5, 0.6) is 5.75 Å². The van der Waals surface area contributed by atoms with Gasteiger partial charge in [0, 0.05) is 0 Å². The molecule has 0 radical (unpaired) electrons. The Morgan fingerprint density at radius 2 is 1.87 bits per heavy atom. The molecule has 0 saturated heterocycles. The summed E-state index contributed by atoms with van der Waals surface area (Å²) in [5.74, 6) is -0.0435. The average molecular weight is 204 g/mol. The van der Waals surface area contributed by atoms with Crippen molar-refractivity contribution in [3.63, 3.8) is 0 Å². The average Bonchev–Trinajstić information content (AvgIpc) is 2.10. The highest BCUT2D eigenvalue weighted by Gasteiger charge is 2.15. The molecule has 80 valence electrons. The number of hydrogen-bond donors (Lipinski definition) is 1. The second kappa shape index (κ2) is 3.89. The number of phenols is 1. The molecular weight excluding hydrogens is 188 g/mol. The number of rotatable bonds is 2. The highest BCUT2D eigenvalue weighted by Crippen LogP contribution is 2.32. The predicted octanol–water partition coefficient (Wildman–Crippen LogP) is 3.24. The van der Waals surface area contributed by atoms with Crippen molar-refractivity contribution in [1.29, 1.82) is 0 Å². The summed E-state index contributed by atoms with van der Waals surface area (Å²) in [6.45, 7) is 10.9. The summed E-state index contributed by atoms with van der Waals surface area (Å²) in [6, 6.07) is 1.72. The molecule has 0 fully saturated rings. The highest BCUT2D eigenvalue weighted by atomic mass is 16.3. The number of aryl methyl sites for hydroxylation is 1. The van der Waals surface area contributed by atoms with Gasteiger partial charge in [-0.1, -0.05) is 12.2 Å². The maximum absolute atomic E-state index is 11.3. The fourth-order valence-corrected chi connectivity index (χ4v) is 1.90. The van der Waals surface area contributed by atoms with Gasteiger partial charge in [-0.05, 0) is 50.5 Å². The zero-order valence-electron chi connectivity index (χ0n) is 9.64. The Morgan fingerprint density at radius 3 is 2.27 bits per heavy atom. The van der Waals surface area contributed by atoms with Crippen LogP contribution in [-0.2, 0) is 0 Å². The third-order valence-corrected chi connectivity index (χ3v) is 2.55. The van der Waals surface area contributed by atoms with E-state index in [0.717, 1.165) is 22.3 Å². The summed E-state index contributed by atoms with van der Waals surface area (Å²) in [5.41, 5.74) is 3.93. The molecule has 2 nitrogen and oxygen atoms in total. The standard InChI is InChI=1S/C13H16O2/c1-7(2)12-8(3)6-11(10(5)14)13(15)9(12)4/h6,15H,1H2,2-5H3. The van der Waals surface area contributed by atoms with Gasteiger partial charge in [0.1, 0.15) is 5.75 Å². The van der Waals surface area contributed by atoms with E-state index < -0.39 is 0 Å². The zero-order chi connectivity index (χ0) is 11.7. The number of aromatic hydroxyl groups is 1. The molecule has 0 atom stereocenters. The van der Waals surface area contributed by atoms with E-state index in [0.29, 0.717) is 5.56 Å². The first-order chi connectivity index (χ1) is 6.86. The van der Waals surface area contributed by atoms with Gasteiger partial charge in [-0.2, -0.15) is 0 Å². The summed E-state index contributed by atoms with van der Waals surface area (Å²) in [4.78, 5) is 11.3. The van der Waals surface area contributed by atoms with Crippen molar-refractivity contribution in [2.24, 2.45) is 0 Å². The molecular formula is C13H16O2. The van der Waals surface area contributed by atoms with Crippen LogP contribution in [0.25, 0.3) is 5.57 Å². The van der Waals surface area contributed by atoms with Crippen molar-refractivity contribution in [2.45, 2.75) is 27.7 Å². The molecule has 1 rings (SSSR count). The van der Waals surface area contributed by atoms with Crippen LogP contribution in [0.1, 0.15) is 40.9 Å². The number of benzene rings is 1. The number of carbonyl (C=O) groups is 1. The Hall–Kier alpha value is -1.57. The van der Waals surface area contributed by atoms with Gasteiger partial charge in [0.2, 0.25) is 0 Å². The smallest absolute Gasteiger partial charge is 0.163 e. The van der Waals surface area contributed by atoms with Crippen LogP contribution in [0.15, 0.2) is 12.6 Å². The van der Waals surface area contributed by atoms with E-state index in [1.54, 1.807) is 13.0 Å². The van der Waals surface area contributed by atoms with E-state index in [4.69, 9.17) is 0 Å². The van der Waals surface area contributed by atoms with Crippen molar-refractivity contribution in [3.8, 4) is 5.75 Å². The minimum absolute atomic E-state index is 0.0751. The molecule has 0 spiro atoms. The molecule has 0 unspecified atom stereocenters. The lowest BCUT2D eigenvalue weighted by atomic mass is 9.93. The van der Waals surface area contributed by atoms with E-state index >= 15 is 0 Å². The summed E-state index contributed by atoms with van der Waals surface area (Å²) in [5, 5.41) is 9.86. The maximum atomic E-state index is 11.3. The SMILES string of the molecule is C=C(C)c1c(C)cc(C(C)=O)c(O)c1C. The van der Waals surface area contributed by atoms with Gasteiger partial charge in [-0.25, -0.2) is 0 Å². The third-order valence-electron chi connectivity index (χ3n) is 2.55. The van der Waals surface area contributed by atoms with Crippen molar-refractivity contribution in [2.75, 3.05) is 0 Å². The van der Waals surface area contributed by atoms with Gasteiger partial charge in [0.05, 0.1) is 5.56 Å². The first kappa shape index (κ1) is 11.5. The number of Topliss-reactive ketones (excluding diaryl/α,β-unsaturated/α-hetero) is 1. The molecule has 1 aromatic rings. The Kier molecular flexibility index (Phi) is 2.98. The topological polar surface area (TPSA) is 37.3 Å². The molecule has 1 N–H and O–H groups in total. The number of hydrogen-bond acceptors (Lipinski definition) is 2. The first-order valence-corrected chi connectivity index (χ1v) is 4.86. The lowest BCUT2D eigenvalue weighted by Gasteiger charge is -2.13. The van der Waals surface area contributed by atoms with Crippen molar-refractivity contribution >= 4 is 11.4 Å². The second-order valence-corrected chi connectivity index (χ2v) is 3.93. The quantitative estimate of drug-likeness (QED) is 0.751. The van der Waals surface area contributed by atoms with Gasteiger partial charge >= 0.3 is 0 Å². The normalized spacial score (nSPS) is 10.1. The molecule has 0 bridgehead atoms. The molecule has 2 heteroatoms. The Bertz CT molecular complexity index is 442. The largest absolute Gasteiger partial charge is 0.507 e. The lowest BCUT2D eigenvalue weighted by Crippen LogP contribution is -1.99. The molecule has 0 saturated carbocycles. The molecule has 0 aliphatic heterocycles. The van der Waals surface area contributed by atoms with Crippen LogP contribution in [0.2, 0.25) is 0 Å². The number of carbonyl (C=O) groups excluding carboxylic acids is 1. The van der Waals surface area contributed by atoms with Crippen molar-refractivity contribution < 1.29 is 9.90 Å². The van der Waals surface area contributed by atoms with Crippen LogP contribution in [0, 0.1) is 13.8 Å². The molecule has 15 heavy (non-hydrogen) atoms. The molecule has 0 aliphatic carbocycles. The van der Waals surface area contributed by atoms with Crippen LogP contribution in [0.3, 0.4) is 0 Å². The monoisotopic (exact) mass is 204 g/mol. The van der Waals surface area contributed by atoms with E-state index in [1.807, 2.05) is 13.8 Å². The first-order valence-electron chi connectivity index (χ1n) is 4.86. The number of allylic oxidation sites excluding steroid dienone is 1. The second-order valence-electron chi connectivity index (χ2n) is 3.93. The van der Waals surface area contributed by atoms with Crippen LogP contribution < -0.4 is 0 Å². The Labute approximate surface area is 90.3 Å². The van der Waals surface area contributed by atoms with Crippen LogP contribution >= 0.6 is 0 Å². The fraction of sp³-hybridized carbons (Fsp3) is 0.308. The minimum atomic E-state index is -0.119. The van der Waals surface area contributed by atoms with Gasteiger partial charge in [0.25, 0.3) is 0 Å². The molecule has 0 aromatic heterocycles. The highest BCUT2D eigenvalue weighted by molar-refractivity contribution is 5.98. The van der Waals surface area contributed by atoms with Gasteiger partial charge in [0.15, 0.2) is 5.78 Å². The maximum Gasteiger partial charge on any atom is 0.163 e. The number of phenolic OH excluding ortho intramolecular Hbond substituents is 1. The Morgan fingerprint density at radius 1 is 1.33 bits per heavy atom. The molecule has 1 aromatic carbocycles.